The Labute approximate surface area is 208 Å². The van der Waals surface area contributed by atoms with E-state index in [1.807, 2.05) is 48.5 Å². The van der Waals surface area contributed by atoms with Crippen molar-refractivity contribution in [2.24, 2.45) is 0 Å². The lowest BCUT2D eigenvalue weighted by atomic mass is 9.86. The van der Waals surface area contributed by atoms with E-state index in [9.17, 15) is 0 Å². The number of rotatable bonds is 9. The molecule has 4 N–H and O–H groups in total. The molecular formula is C31H34N2O2. The molecule has 0 aromatic heterocycles. The fourth-order valence-electron chi connectivity index (χ4n) is 4.37. The van der Waals surface area contributed by atoms with Gasteiger partial charge in [0.15, 0.2) is 0 Å². The molecule has 0 saturated heterocycles. The maximum absolute atomic E-state index is 6.17. The van der Waals surface area contributed by atoms with Gasteiger partial charge in [0.05, 0.1) is 0 Å². The first-order valence-electron chi connectivity index (χ1n) is 12.3. The molecule has 0 fully saturated rings. The second kappa shape index (κ2) is 11.0. The lowest BCUT2D eigenvalue weighted by Crippen LogP contribution is -2.03. The van der Waals surface area contributed by atoms with Crippen LogP contribution in [0.1, 0.15) is 55.4 Å². The van der Waals surface area contributed by atoms with Gasteiger partial charge in [0.1, 0.15) is 23.0 Å². The second-order valence-corrected chi connectivity index (χ2v) is 8.74. The minimum Gasteiger partial charge on any atom is -0.457 e. The molecular weight excluding hydrogens is 432 g/mol. The van der Waals surface area contributed by atoms with E-state index in [1.165, 1.54) is 22.3 Å². The summed E-state index contributed by atoms with van der Waals surface area (Å²) in [4.78, 5) is 0. The normalized spacial score (nSPS) is 11.0. The summed E-state index contributed by atoms with van der Waals surface area (Å²) >= 11 is 0. The Morgan fingerprint density at radius 3 is 1.31 bits per heavy atom. The van der Waals surface area contributed by atoms with E-state index in [-0.39, 0.29) is 0 Å². The number of nitrogens with two attached hydrogens (primary N) is 2. The van der Waals surface area contributed by atoms with E-state index in [0.717, 1.165) is 53.6 Å². The van der Waals surface area contributed by atoms with Crippen molar-refractivity contribution in [3.63, 3.8) is 0 Å². The zero-order chi connectivity index (χ0) is 24.8. The zero-order valence-corrected chi connectivity index (χ0v) is 20.8. The van der Waals surface area contributed by atoms with Crippen molar-refractivity contribution in [3.05, 3.63) is 107 Å². The average molecular weight is 467 g/mol. The van der Waals surface area contributed by atoms with Crippen molar-refractivity contribution < 1.29 is 9.47 Å². The predicted octanol–water partition coefficient (Wildman–Crippen LogP) is 8.10. The number of ether oxygens (including phenoxy) is 2. The fourth-order valence-corrected chi connectivity index (χ4v) is 4.37. The van der Waals surface area contributed by atoms with Crippen molar-refractivity contribution in [2.75, 3.05) is 11.5 Å². The van der Waals surface area contributed by atoms with Crippen molar-refractivity contribution in [1.29, 1.82) is 0 Å². The van der Waals surface area contributed by atoms with Gasteiger partial charge >= 0.3 is 0 Å². The number of hydrogen-bond acceptors (Lipinski definition) is 4. The van der Waals surface area contributed by atoms with Crippen LogP contribution in [0.4, 0.5) is 11.4 Å². The highest BCUT2D eigenvalue weighted by Gasteiger charge is 2.17. The van der Waals surface area contributed by atoms with Crippen LogP contribution in [0.25, 0.3) is 0 Å². The summed E-state index contributed by atoms with van der Waals surface area (Å²) < 4.78 is 12.3. The average Bonchev–Trinajstić information content (AvgIpc) is 2.88. The van der Waals surface area contributed by atoms with Crippen molar-refractivity contribution in [3.8, 4) is 23.0 Å². The minimum absolute atomic E-state index is 0.293. The summed E-state index contributed by atoms with van der Waals surface area (Å²) in [5, 5.41) is 0. The number of aryl methyl sites for hydroxylation is 2. The van der Waals surface area contributed by atoms with E-state index < -0.39 is 0 Å². The van der Waals surface area contributed by atoms with Gasteiger partial charge in [-0.15, -0.1) is 0 Å². The van der Waals surface area contributed by atoms with E-state index >= 15 is 0 Å². The minimum atomic E-state index is 0.293. The number of nitrogen functional groups attached to an aromatic ring is 2. The highest BCUT2D eigenvalue weighted by atomic mass is 16.5. The van der Waals surface area contributed by atoms with Crippen LogP contribution < -0.4 is 20.9 Å². The van der Waals surface area contributed by atoms with Crippen LogP contribution in [0.3, 0.4) is 0 Å². The molecule has 4 aromatic carbocycles. The SMILES string of the molecule is CCc1cc(C(CC)c2ccc(Oc3ccc(N)cc3)c(CC)c2)ccc1Oc1ccc(N)cc1. The summed E-state index contributed by atoms with van der Waals surface area (Å²) in [7, 11) is 0. The smallest absolute Gasteiger partial charge is 0.130 e. The first-order valence-corrected chi connectivity index (χ1v) is 12.3. The van der Waals surface area contributed by atoms with E-state index in [1.54, 1.807) is 0 Å². The summed E-state index contributed by atoms with van der Waals surface area (Å²) in [5.41, 5.74) is 18.0. The Kier molecular flexibility index (Phi) is 7.61. The topological polar surface area (TPSA) is 70.5 Å². The highest BCUT2D eigenvalue weighted by molar-refractivity contribution is 5.49. The van der Waals surface area contributed by atoms with E-state index in [0.29, 0.717) is 5.92 Å². The van der Waals surface area contributed by atoms with Gasteiger partial charge in [-0.05, 0) is 102 Å². The Morgan fingerprint density at radius 2 is 0.971 bits per heavy atom. The van der Waals surface area contributed by atoms with Crippen LogP contribution >= 0.6 is 0 Å². The number of benzene rings is 4. The van der Waals surface area contributed by atoms with Gasteiger partial charge in [0.2, 0.25) is 0 Å². The molecule has 4 heteroatoms. The Morgan fingerprint density at radius 1 is 0.571 bits per heavy atom. The first kappa shape index (κ1) is 24.2. The molecule has 0 saturated carbocycles. The molecule has 0 aliphatic rings. The summed E-state index contributed by atoms with van der Waals surface area (Å²) in [6.07, 6.45) is 2.79. The third-order valence-corrected chi connectivity index (χ3v) is 6.36. The monoisotopic (exact) mass is 466 g/mol. The standard InChI is InChI=1S/C31H34N2O2/c1-4-21-19-23(7-17-30(21)34-27-13-9-25(32)10-14-27)29(6-3)24-8-18-31(22(5-2)20-24)35-28-15-11-26(33)12-16-28/h7-20,29H,4-6,32-33H2,1-3H3. The quantitative estimate of drug-likeness (QED) is 0.244. The van der Waals surface area contributed by atoms with Crippen LogP contribution in [-0.4, -0.2) is 0 Å². The Balaban J connectivity index is 1.59. The molecule has 4 rings (SSSR count). The highest BCUT2D eigenvalue weighted by Crippen LogP contribution is 2.36. The molecule has 35 heavy (non-hydrogen) atoms. The van der Waals surface area contributed by atoms with Crippen LogP contribution in [0.2, 0.25) is 0 Å². The van der Waals surface area contributed by atoms with Gasteiger partial charge in [0, 0.05) is 17.3 Å². The van der Waals surface area contributed by atoms with E-state index in [2.05, 4.69) is 57.2 Å². The molecule has 0 atom stereocenters. The van der Waals surface area contributed by atoms with Crippen molar-refractivity contribution in [2.45, 2.75) is 46.0 Å². The molecule has 4 nitrogen and oxygen atoms in total. The van der Waals surface area contributed by atoms with Crippen LogP contribution in [0, 0.1) is 0 Å². The van der Waals surface area contributed by atoms with Gasteiger partial charge in [-0.1, -0.05) is 45.0 Å². The third-order valence-electron chi connectivity index (χ3n) is 6.36. The fraction of sp³-hybridized carbons (Fsp3) is 0.226. The lowest BCUT2D eigenvalue weighted by molar-refractivity contribution is 0.476. The molecule has 0 radical (unpaired) electrons. The zero-order valence-electron chi connectivity index (χ0n) is 20.8. The number of hydrogen-bond donors (Lipinski definition) is 2. The van der Waals surface area contributed by atoms with Gasteiger partial charge in [0.25, 0.3) is 0 Å². The number of anilines is 2. The van der Waals surface area contributed by atoms with Crippen LogP contribution in [-0.2, 0) is 12.8 Å². The summed E-state index contributed by atoms with van der Waals surface area (Å²) in [5.74, 6) is 3.65. The van der Waals surface area contributed by atoms with Gasteiger partial charge in [-0.2, -0.15) is 0 Å². The molecule has 180 valence electrons. The Bertz CT molecular complexity index is 1170. The molecule has 4 aromatic rings. The third kappa shape index (κ3) is 5.78. The molecule has 0 amide bonds. The maximum atomic E-state index is 6.17. The van der Waals surface area contributed by atoms with Crippen molar-refractivity contribution >= 4 is 11.4 Å². The van der Waals surface area contributed by atoms with Gasteiger partial charge < -0.3 is 20.9 Å². The summed E-state index contributed by atoms with van der Waals surface area (Å²) in [6.45, 7) is 6.56. The molecule has 0 aliphatic carbocycles. The van der Waals surface area contributed by atoms with Crippen molar-refractivity contribution in [1.82, 2.24) is 0 Å². The molecule has 0 bridgehead atoms. The maximum Gasteiger partial charge on any atom is 0.130 e. The molecule has 0 aliphatic heterocycles. The van der Waals surface area contributed by atoms with Crippen LogP contribution in [0.5, 0.6) is 23.0 Å². The van der Waals surface area contributed by atoms with Gasteiger partial charge in [-0.3, -0.25) is 0 Å². The van der Waals surface area contributed by atoms with E-state index in [4.69, 9.17) is 20.9 Å². The largest absolute Gasteiger partial charge is 0.457 e. The van der Waals surface area contributed by atoms with Gasteiger partial charge in [-0.25, -0.2) is 0 Å². The second-order valence-electron chi connectivity index (χ2n) is 8.74. The Hall–Kier alpha value is -3.92. The summed E-state index contributed by atoms with van der Waals surface area (Å²) in [6, 6.07) is 28.1. The lowest BCUT2D eigenvalue weighted by Gasteiger charge is -2.20. The van der Waals surface area contributed by atoms with Crippen LogP contribution in [0.15, 0.2) is 84.9 Å². The first-order chi connectivity index (χ1) is 17.0. The predicted molar refractivity (Wildman–Crippen MR) is 146 cm³/mol. The molecule has 0 unspecified atom stereocenters. The molecule has 0 spiro atoms. The molecule has 0 heterocycles.